The van der Waals surface area contributed by atoms with Crippen molar-refractivity contribution in [2.75, 3.05) is 13.2 Å². The highest BCUT2D eigenvalue weighted by Gasteiger charge is 2.20. The largest absolute Gasteiger partial charge is 0.466 e. The lowest BCUT2D eigenvalue weighted by molar-refractivity contribution is -0.143. The molecular weight excluding hydrogens is 1080 g/mol. The second-order valence-corrected chi connectivity index (χ2v) is 28.5. The first-order chi connectivity index (χ1) is 43.5. The fraction of sp³-hybridized carbons (Fsp3) is 0.951. The van der Waals surface area contributed by atoms with Crippen molar-refractivity contribution in [3.05, 3.63) is 12.2 Å². The number of amides is 1. The monoisotopic (exact) mass is 1240 g/mol. The number of allylic oxidation sites excluding steroid dienone is 2. The second-order valence-electron chi connectivity index (χ2n) is 28.5. The molecule has 0 aromatic carbocycles. The van der Waals surface area contributed by atoms with Crippen LogP contribution in [-0.2, 0) is 14.3 Å². The SMILES string of the molecule is CCCCCCCC/C=C\CCCCCCCCCCCC(=O)OCCCCCCCCCCCCCCCCCCCCCCCCCCCCCCCCCCCCCCCC(=O)NC(CO)C(O)CCCCCCCCCCCCCCCCC. The maximum Gasteiger partial charge on any atom is 0.305 e. The summed E-state index contributed by atoms with van der Waals surface area (Å²) in [6.07, 6.45) is 99.0. The van der Waals surface area contributed by atoms with Crippen LogP contribution in [0.15, 0.2) is 12.2 Å². The van der Waals surface area contributed by atoms with Crippen LogP contribution >= 0.6 is 0 Å². The number of aliphatic hydroxyl groups excluding tert-OH is 2. The Morgan fingerprint density at radius 1 is 0.307 bits per heavy atom. The smallest absolute Gasteiger partial charge is 0.305 e. The molecule has 2 atom stereocenters. The lowest BCUT2D eigenvalue weighted by atomic mass is 10.0. The highest BCUT2D eigenvalue weighted by molar-refractivity contribution is 5.76. The summed E-state index contributed by atoms with van der Waals surface area (Å²) in [5.74, 6) is -0.000943. The summed E-state index contributed by atoms with van der Waals surface area (Å²) in [5.41, 5.74) is 0. The van der Waals surface area contributed by atoms with E-state index in [1.54, 1.807) is 0 Å². The predicted molar refractivity (Wildman–Crippen MR) is 389 cm³/mol. The maximum absolute atomic E-state index is 12.5. The van der Waals surface area contributed by atoms with Crippen LogP contribution in [-0.4, -0.2) is 47.4 Å². The van der Waals surface area contributed by atoms with Gasteiger partial charge in [0.1, 0.15) is 0 Å². The van der Waals surface area contributed by atoms with E-state index in [0.717, 1.165) is 38.5 Å². The van der Waals surface area contributed by atoms with Gasteiger partial charge in [0, 0.05) is 12.8 Å². The van der Waals surface area contributed by atoms with Crippen molar-refractivity contribution in [2.45, 2.75) is 488 Å². The molecule has 6 heteroatoms. The fourth-order valence-electron chi connectivity index (χ4n) is 13.3. The molecule has 1 amide bonds. The van der Waals surface area contributed by atoms with Crippen molar-refractivity contribution >= 4 is 11.9 Å². The molecule has 0 spiro atoms. The minimum Gasteiger partial charge on any atom is -0.466 e. The molecule has 0 heterocycles. The molecule has 0 aliphatic rings. The van der Waals surface area contributed by atoms with Crippen molar-refractivity contribution < 1.29 is 24.5 Å². The van der Waals surface area contributed by atoms with Crippen LogP contribution in [0.3, 0.4) is 0 Å². The Morgan fingerprint density at radius 2 is 0.534 bits per heavy atom. The highest BCUT2D eigenvalue weighted by atomic mass is 16.5. The van der Waals surface area contributed by atoms with Crippen LogP contribution in [0.4, 0.5) is 0 Å². The molecule has 0 aliphatic carbocycles. The fourth-order valence-corrected chi connectivity index (χ4v) is 13.3. The van der Waals surface area contributed by atoms with Crippen LogP contribution in [0.1, 0.15) is 476 Å². The van der Waals surface area contributed by atoms with Gasteiger partial charge in [-0.25, -0.2) is 0 Å². The molecule has 0 aliphatic heterocycles. The van der Waals surface area contributed by atoms with E-state index in [-0.39, 0.29) is 18.5 Å². The van der Waals surface area contributed by atoms with Crippen LogP contribution in [0, 0.1) is 0 Å². The van der Waals surface area contributed by atoms with Crippen molar-refractivity contribution in [2.24, 2.45) is 0 Å². The summed E-state index contributed by atoms with van der Waals surface area (Å²) in [5, 5.41) is 23.4. The van der Waals surface area contributed by atoms with Gasteiger partial charge in [0.05, 0.1) is 25.4 Å². The number of carbonyl (C=O) groups excluding carboxylic acids is 2. The van der Waals surface area contributed by atoms with Gasteiger partial charge in [-0.3, -0.25) is 9.59 Å². The first kappa shape index (κ1) is 86.6. The van der Waals surface area contributed by atoms with Gasteiger partial charge in [0.25, 0.3) is 0 Å². The van der Waals surface area contributed by atoms with Crippen LogP contribution in [0.25, 0.3) is 0 Å². The third-order valence-corrected chi connectivity index (χ3v) is 19.6. The Bertz CT molecular complexity index is 1340. The Balaban J connectivity index is 3.28. The van der Waals surface area contributed by atoms with E-state index in [9.17, 15) is 19.8 Å². The molecule has 0 aromatic heterocycles. The zero-order chi connectivity index (χ0) is 63.5. The average molecular weight is 1240 g/mol. The van der Waals surface area contributed by atoms with Gasteiger partial charge < -0.3 is 20.3 Å². The van der Waals surface area contributed by atoms with Crippen molar-refractivity contribution in [3.8, 4) is 0 Å². The molecule has 0 rings (SSSR count). The Labute approximate surface area is 552 Å². The molecule has 0 fully saturated rings. The number of carbonyl (C=O) groups is 2. The van der Waals surface area contributed by atoms with Gasteiger partial charge in [0.15, 0.2) is 0 Å². The molecule has 3 N–H and O–H groups in total. The van der Waals surface area contributed by atoms with Gasteiger partial charge in [-0.2, -0.15) is 0 Å². The zero-order valence-electron chi connectivity index (χ0n) is 60.3. The Kier molecular flexibility index (Phi) is 76.8. The number of hydrogen-bond acceptors (Lipinski definition) is 5. The number of rotatable bonds is 78. The lowest BCUT2D eigenvalue weighted by Crippen LogP contribution is -2.45. The van der Waals surface area contributed by atoms with E-state index < -0.39 is 12.1 Å². The van der Waals surface area contributed by atoms with Crippen LogP contribution in [0.5, 0.6) is 0 Å². The molecular formula is C82H161NO5. The summed E-state index contributed by atoms with van der Waals surface area (Å²) in [6.45, 7) is 5.00. The summed E-state index contributed by atoms with van der Waals surface area (Å²) < 4.78 is 5.52. The van der Waals surface area contributed by atoms with E-state index in [1.807, 2.05) is 0 Å². The first-order valence-corrected chi connectivity index (χ1v) is 40.9. The average Bonchev–Trinajstić information content (AvgIpc) is 3.59. The molecule has 0 aromatic rings. The van der Waals surface area contributed by atoms with Gasteiger partial charge in [-0.1, -0.05) is 424 Å². The molecule has 0 saturated heterocycles. The third kappa shape index (κ3) is 73.6. The lowest BCUT2D eigenvalue weighted by Gasteiger charge is -2.22. The second kappa shape index (κ2) is 78.0. The normalized spacial score (nSPS) is 12.5. The standard InChI is InChI=1S/C82H161NO5/c1-3-5-7-9-11-13-15-17-19-20-40-44-48-52-56-60-64-68-72-76-82(87)88-77-73-69-65-61-57-53-49-45-42-39-37-35-33-31-29-27-25-23-21-22-24-26-28-30-32-34-36-38-41-43-47-51-55-59-63-67-71-75-81(86)83-79(78-84)80(85)74-70-66-62-58-54-50-46-18-16-14-12-10-8-6-4-2/h17,19,79-80,84-85H,3-16,18,20-78H2,1-2H3,(H,83,86)/b19-17-. The molecule has 88 heavy (non-hydrogen) atoms. The molecule has 0 saturated carbocycles. The topological polar surface area (TPSA) is 95.9 Å². The van der Waals surface area contributed by atoms with Gasteiger partial charge >= 0.3 is 5.97 Å². The number of nitrogens with one attached hydrogen (secondary N) is 1. The van der Waals surface area contributed by atoms with Crippen molar-refractivity contribution in [1.82, 2.24) is 5.32 Å². The van der Waals surface area contributed by atoms with Gasteiger partial charge in [-0.15, -0.1) is 0 Å². The molecule has 2 unspecified atom stereocenters. The summed E-state index contributed by atoms with van der Waals surface area (Å²) >= 11 is 0. The summed E-state index contributed by atoms with van der Waals surface area (Å²) in [4.78, 5) is 24.7. The number of ether oxygens (including phenoxy) is 1. The van der Waals surface area contributed by atoms with E-state index in [4.69, 9.17) is 4.74 Å². The predicted octanol–water partition coefficient (Wildman–Crippen LogP) is 27.1. The molecule has 6 nitrogen and oxygen atoms in total. The van der Waals surface area contributed by atoms with Crippen molar-refractivity contribution in [3.63, 3.8) is 0 Å². The number of aliphatic hydroxyl groups is 2. The van der Waals surface area contributed by atoms with E-state index in [0.29, 0.717) is 25.9 Å². The van der Waals surface area contributed by atoms with Crippen LogP contribution < -0.4 is 5.32 Å². The van der Waals surface area contributed by atoms with Crippen LogP contribution in [0.2, 0.25) is 0 Å². The molecule has 0 bridgehead atoms. The minimum atomic E-state index is -0.659. The summed E-state index contributed by atoms with van der Waals surface area (Å²) in [7, 11) is 0. The Hall–Kier alpha value is -1.40. The molecule has 0 radical (unpaired) electrons. The number of esters is 1. The first-order valence-electron chi connectivity index (χ1n) is 40.9. The molecule has 524 valence electrons. The van der Waals surface area contributed by atoms with Gasteiger partial charge in [0.2, 0.25) is 5.91 Å². The maximum atomic E-state index is 12.5. The van der Waals surface area contributed by atoms with Crippen molar-refractivity contribution in [1.29, 1.82) is 0 Å². The third-order valence-electron chi connectivity index (χ3n) is 19.6. The highest BCUT2D eigenvalue weighted by Crippen LogP contribution is 2.21. The van der Waals surface area contributed by atoms with E-state index >= 15 is 0 Å². The number of hydrogen-bond donors (Lipinski definition) is 3. The summed E-state index contributed by atoms with van der Waals surface area (Å²) in [6, 6.07) is -0.536. The zero-order valence-corrected chi connectivity index (χ0v) is 60.3. The minimum absolute atomic E-state index is 0.0242. The van der Waals surface area contributed by atoms with E-state index in [1.165, 1.54) is 405 Å². The quantitative estimate of drug-likeness (QED) is 0.0320. The van der Waals surface area contributed by atoms with Gasteiger partial charge in [-0.05, 0) is 51.4 Å². The van der Waals surface area contributed by atoms with E-state index in [2.05, 4.69) is 31.3 Å². The number of unbranched alkanes of at least 4 members (excludes halogenated alkanes) is 65. The Morgan fingerprint density at radius 3 is 0.807 bits per heavy atom.